The lowest BCUT2D eigenvalue weighted by atomic mass is 9.92. The van der Waals surface area contributed by atoms with Crippen LogP contribution in [0.15, 0.2) is 45.9 Å². The average molecular weight is 417 g/mol. The number of nitrogens with one attached hydrogen (secondary N) is 1. The summed E-state index contributed by atoms with van der Waals surface area (Å²) in [5.74, 6) is 0.493. The Labute approximate surface area is 172 Å². The van der Waals surface area contributed by atoms with Crippen molar-refractivity contribution in [2.24, 2.45) is 5.92 Å². The lowest BCUT2D eigenvalue weighted by molar-refractivity contribution is -0.126. The molecule has 0 bridgehead atoms. The van der Waals surface area contributed by atoms with Crippen LogP contribution in [0.25, 0.3) is 0 Å². The molecule has 1 N–H and O–H groups in total. The fraction of sp³-hybridized carbons (Fsp3) is 0.500. The van der Waals surface area contributed by atoms with Crippen molar-refractivity contribution in [2.75, 3.05) is 13.1 Å². The second kappa shape index (κ2) is 8.32. The van der Waals surface area contributed by atoms with Gasteiger partial charge in [0.1, 0.15) is 5.76 Å². The molecule has 0 radical (unpaired) electrons. The van der Waals surface area contributed by atoms with Gasteiger partial charge in [0.25, 0.3) is 0 Å². The van der Waals surface area contributed by atoms with E-state index < -0.39 is 10.0 Å². The first-order valence-corrected chi connectivity index (χ1v) is 11.8. The number of piperidine rings is 1. The highest BCUT2D eigenvalue weighted by atomic mass is 32.2. The first kappa shape index (κ1) is 20.2. The predicted octanol–water partition coefficient (Wildman–Crippen LogP) is 3.44. The molecule has 156 valence electrons. The maximum atomic E-state index is 13.1. The van der Waals surface area contributed by atoms with E-state index >= 15 is 0 Å². The first-order chi connectivity index (χ1) is 13.9. The lowest BCUT2D eigenvalue weighted by Gasteiger charge is -2.31. The standard InChI is InChI=1S/C22H28N2O4S/c1-16(21-7-4-14-28-21)23-22(25)18-10-12-24(13-11-18)29(26,27)20-9-8-17-5-2-3-6-19(17)15-20/h4,7-9,14-16,18H,2-3,5-6,10-13H2,1H3,(H,23,25). The molecular formula is C22H28N2O4S. The Hall–Kier alpha value is -2.12. The fourth-order valence-electron chi connectivity index (χ4n) is 4.32. The van der Waals surface area contributed by atoms with Crippen LogP contribution in [0.5, 0.6) is 0 Å². The molecule has 2 heterocycles. The second-order valence-electron chi connectivity index (χ2n) is 8.06. The van der Waals surface area contributed by atoms with Crippen LogP contribution in [-0.4, -0.2) is 31.7 Å². The molecular weight excluding hydrogens is 388 g/mol. The fourth-order valence-corrected chi connectivity index (χ4v) is 5.84. The summed E-state index contributed by atoms with van der Waals surface area (Å²) in [6.07, 6.45) is 6.92. The third-order valence-electron chi connectivity index (χ3n) is 6.11. The van der Waals surface area contributed by atoms with Gasteiger partial charge in [-0.25, -0.2) is 8.42 Å². The minimum Gasteiger partial charge on any atom is -0.467 e. The summed E-state index contributed by atoms with van der Waals surface area (Å²) in [4.78, 5) is 13.0. The number of benzene rings is 1. The molecule has 6 nitrogen and oxygen atoms in total. The van der Waals surface area contributed by atoms with Crippen molar-refractivity contribution in [2.45, 2.75) is 56.4 Å². The van der Waals surface area contributed by atoms with E-state index in [2.05, 4.69) is 5.32 Å². The van der Waals surface area contributed by atoms with Gasteiger partial charge in [-0.15, -0.1) is 0 Å². The Morgan fingerprint density at radius 1 is 1.14 bits per heavy atom. The van der Waals surface area contributed by atoms with Crippen molar-refractivity contribution < 1.29 is 17.6 Å². The number of rotatable bonds is 5. The smallest absolute Gasteiger partial charge is 0.243 e. The number of carbonyl (C=O) groups is 1. The van der Waals surface area contributed by atoms with Crippen LogP contribution in [0, 0.1) is 5.92 Å². The Balaban J connectivity index is 1.38. The first-order valence-electron chi connectivity index (χ1n) is 10.4. The molecule has 1 fully saturated rings. The second-order valence-corrected chi connectivity index (χ2v) is 10.00. The third kappa shape index (κ3) is 4.26. The van der Waals surface area contributed by atoms with Crippen LogP contribution in [0.1, 0.15) is 55.5 Å². The minimum absolute atomic E-state index is 0.0419. The summed E-state index contributed by atoms with van der Waals surface area (Å²) in [5, 5.41) is 2.97. The molecule has 1 aliphatic carbocycles. The molecule has 2 aliphatic rings. The molecule has 29 heavy (non-hydrogen) atoms. The van der Waals surface area contributed by atoms with Gasteiger partial charge in [-0.1, -0.05) is 6.07 Å². The van der Waals surface area contributed by atoms with E-state index in [0.29, 0.717) is 36.6 Å². The van der Waals surface area contributed by atoms with Gasteiger partial charge in [-0.2, -0.15) is 4.31 Å². The van der Waals surface area contributed by atoms with Crippen molar-refractivity contribution in [3.8, 4) is 0 Å². The monoisotopic (exact) mass is 416 g/mol. The molecule has 1 aromatic heterocycles. The van der Waals surface area contributed by atoms with Gasteiger partial charge in [0.05, 0.1) is 17.2 Å². The normalized spacial score (nSPS) is 19.5. The Morgan fingerprint density at radius 3 is 2.55 bits per heavy atom. The van der Waals surface area contributed by atoms with Gasteiger partial charge in [0.15, 0.2) is 0 Å². The summed E-state index contributed by atoms with van der Waals surface area (Å²) in [5.41, 5.74) is 2.44. The largest absolute Gasteiger partial charge is 0.467 e. The number of aryl methyl sites for hydroxylation is 2. The molecule has 4 rings (SSSR count). The summed E-state index contributed by atoms with van der Waals surface area (Å²) in [7, 11) is -3.52. The number of hydrogen-bond acceptors (Lipinski definition) is 4. The average Bonchev–Trinajstić information content (AvgIpc) is 3.28. The van der Waals surface area contributed by atoms with Crippen LogP contribution in [0.2, 0.25) is 0 Å². The molecule has 7 heteroatoms. The van der Waals surface area contributed by atoms with E-state index in [4.69, 9.17) is 4.42 Å². The number of fused-ring (bicyclic) bond motifs is 1. The van der Waals surface area contributed by atoms with Gasteiger partial charge >= 0.3 is 0 Å². The van der Waals surface area contributed by atoms with E-state index in [0.717, 1.165) is 19.3 Å². The zero-order chi connectivity index (χ0) is 20.4. The van der Waals surface area contributed by atoms with E-state index in [1.54, 1.807) is 18.4 Å². The van der Waals surface area contributed by atoms with Crippen LogP contribution >= 0.6 is 0 Å². The summed E-state index contributed by atoms with van der Waals surface area (Å²) in [6, 6.07) is 8.99. The van der Waals surface area contributed by atoms with Crippen molar-refractivity contribution in [1.82, 2.24) is 9.62 Å². The lowest BCUT2D eigenvalue weighted by Crippen LogP contribution is -2.43. The number of hydrogen-bond donors (Lipinski definition) is 1. The SMILES string of the molecule is CC(NC(=O)C1CCN(S(=O)(=O)c2ccc3c(c2)CCCC3)CC1)c1ccco1. The van der Waals surface area contributed by atoms with E-state index in [-0.39, 0.29) is 17.9 Å². The molecule has 1 amide bonds. The van der Waals surface area contributed by atoms with Crippen LogP contribution < -0.4 is 5.32 Å². The molecule has 0 saturated carbocycles. The van der Waals surface area contributed by atoms with Crippen LogP contribution in [0.3, 0.4) is 0 Å². The Morgan fingerprint density at radius 2 is 1.86 bits per heavy atom. The molecule has 1 saturated heterocycles. The quantitative estimate of drug-likeness (QED) is 0.810. The number of carbonyl (C=O) groups excluding carboxylic acids is 1. The zero-order valence-electron chi connectivity index (χ0n) is 16.8. The van der Waals surface area contributed by atoms with Crippen molar-refractivity contribution >= 4 is 15.9 Å². The van der Waals surface area contributed by atoms with E-state index in [1.165, 1.54) is 21.9 Å². The van der Waals surface area contributed by atoms with Crippen LogP contribution in [-0.2, 0) is 27.7 Å². The minimum atomic E-state index is -3.52. The van der Waals surface area contributed by atoms with E-state index in [1.807, 2.05) is 25.1 Å². The highest BCUT2D eigenvalue weighted by Crippen LogP contribution is 2.28. The number of furan rings is 1. The number of nitrogens with zero attached hydrogens (tertiary/aromatic N) is 1. The molecule has 0 spiro atoms. The highest BCUT2D eigenvalue weighted by molar-refractivity contribution is 7.89. The third-order valence-corrected chi connectivity index (χ3v) is 8.01. The Bertz CT molecular complexity index is 961. The number of sulfonamides is 1. The highest BCUT2D eigenvalue weighted by Gasteiger charge is 2.33. The van der Waals surface area contributed by atoms with Crippen molar-refractivity contribution in [3.63, 3.8) is 0 Å². The maximum absolute atomic E-state index is 13.1. The van der Waals surface area contributed by atoms with Crippen LogP contribution in [0.4, 0.5) is 0 Å². The number of amides is 1. The molecule has 1 atom stereocenters. The molecule has 1 aliphatic heterocycles. The van der Waals surface area contributed by atoms with Gasteiger partial charge in [0.2, 0.25) is 15.9 Å². The predicted molar refractivity (Wildman–Crippen MR) is 110 cm³/mol. The van der Waals surface area contributed by atoms with Crippen molar-refractivity contribution in [3.05, 3.63) is 53.5 Å². The Kier molecular flexibility index (Phi) is 5.79. The van der Waals surface area contributed by atoms with Gasteiger partial charge in [-0.05, 0) is 80.8 Å². The zero-order valence-corrected chi connectivity index (χ0v) is 17.6. The molecule has 1 unspecified atom stereocenters. The van der Waals surface area contributed by atoms with Gasteiger partial charge in [-0.3, -0.25) is 4.79 Å². The molecule has 1 aromatic carbocycles. The maximum Gasteiger partial charge on any atom is 0.243 e. The summed E-state index contributed by atoms with van der Waals surface area (Å²) in [6.45, 7) is 2.62. The van der Waals surface area contributed by atoms with E-state index in [9.17, 15) is 13.2 Å². The molecule has 2 aromatic rings. The van der Waals surface area contributed by atoms with Crippen molar-refractivity contribution in [1.29, 1.82) is 0 Å². The summed E-state index contributed by atoms with van der Waals surface area (Å²) >= 11 is 0. The summed E-state index contributed by atoms with van der Waals surface area (Å²) < 4.78 is 33.0. The van der Waals surface area contributed by atoms with Gasteiger partial charge < -0.3 is 9.73 Å². The topological polar surface area (TPSA) is 79.6 Å². The van der Waals surface area contributed by atoms with Gasteiger partial charge in [0, 0.05) is 19.0 Å².